The Balaban J connectivity index is 1.48. The number of rotatable bonds is 6. The van der Waals surface area contributed by atoms with Crippen molar-refractivity contribution in [2.24, 2.45) is 0 Å². The first-order chi connectivity index (χ1) is 14.5. The maximum atomic E-state index is 12.6. The second kappa shape index (κ2) is 8.81. The molecule has 0 saturated carbocycles. The zero-order valence-electron chi connectivity index (χ0n) is 16.3. The molecule has 1 amide bonds. The van der Waals surface area contributed by atoms with Gasteiger partial charge in [0.15, 0.2) is 0 Å². The largest absolute Gasteiger partial charge is 0.488 e. The van der Waals surface area contributed by atoms with Crippen LogP contribution in [0.1, 0.15) is 15.9 Å². The van der Waals surface area contributed by atoms with Gasteiger partial charge in [0.05, 0.1) is 14.7 Å². The van der Waals surface area contributed by atoms with Gasteiger partial charge < -0.3 is 10.1 Å². The minimum absolute atomic E-state index is 0.186. The predicted molar refractivity (Wildman–Crippen MR) is 128 cm³/mol. The molecule has 4 aromatic rings. The molecule has 1 N–H and O–H groups in total. The minimum atomic E-state index is -0.186. The molecule has 0 bridgehead atoms. The second-order valence-corrected chi connectivity index (χ2v) is 8.65. The molecule has 0 fully saturated rings. The summed E-state index contributed by atoms with van der Waals surface area (Å²) in [5.41, 5.74) is 4.52. The van der Waals surface area contributed by atoms with Crippen LogP contribution in [-0.4, -0.2) is 17.5 Å². The van der Waals surface area contributed by atoms with Crippen LogP contribution in [0.3, 0.4) is 0 Å². The topological polar surface area (TPSA) is 51.2 Å². The molecule has 0 spiro atoms. The van der Waals surface area contributed by atoms with E-state index < -0.39 is 0 Å². The number of nitrogens with one attached hydrogen (secondary N) is 1. The van der Waals surface area contributed by atoms with Crippen LogP contribution in [0.25, 0.3) is 20.8 Å². The third kappa shape index (κ3) is 4.45. The van der Waals surface area contributed by atoms with Crippen LogP contribution in [0.4, 0.5) is 5.69 Å². The summed E-state index contributed by atoms with van der Waals surface area (Å²) in [6.07, 6.45) is 1.67. The first-order valence-corrected chi connectivity index (χ1v) is 11.0. The van der Waals surface area contributed by atoms with Gasteiger partial charge in [-0.3, -0.25) is 4.79 Å². The van der Waals surface area contributed by atoms with Gasteiger partial charge in [-0.25, -0.2) is 4.98 Å². The van der Waals surface area contributed by atoms with Crippen molar-refractivity contribution in [3.63, 3.8) is 0 Å². The molecule has 0 aliphatic carbocycles. The van der Waals surface area contributed by atoms with Crippen molar-refractivity contribution in [3.8, 4) is 16.3 Å². The molecule has 0 saturated heterocycles. The van der Waals surface area contributed by atoms with E-state index in [1.807, 2.05) is 30.3 Å². The number of anilines is 1. The van der Waals surface area contributed by atoms with Crippen LogP contribution in [0.2, 0.25) is 0 Å². The fraction of sp³-hybridized carbons (Fsp3) is 0.0833. The molecule has 0 aliphatic heterocycles. The van der Waals surface area contributed by atoms with Gasteiger partial charge in [0, 0.05) is 16.8 Å². The summed E-state index contributed by atoms with van der Waals surface area (Å²) >= 11 is 5.11. The van der Waals surface area contributed by atoms with E-state index in [4.69, 9.17) is 9.72 Å². The number of benzene rings is 3. The molecule has 0 radical (unpaired) electrons. The normalized spacial score (nSPS) is 10.7. The van der Waals surface area contributed by atoms with E-state index in [9.17, 15) is 4.79 Å². The number of hydrogen-bond acceptors (Lipinski definition) is 4. The fourth-order valence-electron chi connectivity index (χ4n) is 2.96. The van der Waals surface area contributed by atoms with Crippen molar-refractivity contribution in [1.29, 1.82) is 0 Å². The number of carbonyl (C=O) groups is 1. The number of aromatic nitrogens is 1. The SMILES string of the molecule is C=CCOc1ccc(C(=O)Nc2ccc(-c3nc4ccc(C)cc4s3)cc2)cc1Br. The minimum Gasteiger partial charge on any atom is -0.488 e. The van der Waals surface area contributed by atoms with Crippen molar-refractivity contribution in [3.05, 3.63) is 88.9 Å². The van der Waals surface area contributed by atoms with Crippen LogP contribution in [0, 0.1) is 6.92 Å². The molecule has 0 aliphatic rings. The molecule has 4 nitrogen and oxygen atoms in total. The van der Waals surface area contributed by atoms with E-state index in [-0.39, 0.29) is 5.91 Å². The maximum absolute atomic E-state index is 12.6. The lowest BCUT2D eigenvalue weighted by molar-refractivity contribution is 0.102. The van der Waals surface area contributed by atoms with E-state index in [1.54, 1.807) is 35.6 Å². The van der Waals surface area contributed by atoms with Crippen molar-refractivity contribution < 1.29 is 9.53 Å². The van der Waals surface area contributed by atoms with Gasteiger partial charge in [-0.05, 0) is 83.0 Å². The highest BCUT2D eigenvalue weighted by atomic mass is 79.9. The summed E-state index contributed by atoms with van der Waals surface area (Å²) in [5, 5.41) is 3.89. The van der Waals surface area contributed by atoms with E-state index in [0.29, 0.717) is 17.9 Å². The van der Waals surface area contributed by atoms with Gasteiger partial charge in [-0.15, -0.1) is 11.3 Å². The highest BCUT2D eigenvalue weighted by Gasteiger charge is 2.11. The molecular formula is C24H19BrN2O2S. The van der Waals surface area contributed by atoms with Crippen molar-refractivity contribution in [2.75, 3.05) is 11.9 Å². The predicted octanol–water partition coefficient (Wildman–Crippen LogP) is 6.85. The Morgan fingerprint density at radius 3 is 2.70 bits per heavy atom. The fourth-order valence-corrected chi connectivity index (χ4v) is 4.53. The Labute approximate surface area is 187 Å². The Morgan fingerprint density at radius 2 is 1.97 bits per heavy atom. The zero-order chi connectivity index (χ0) is 21.1. The number of nitrogens with zero attached hydrogens (tertiary/aromatic N) is 1. The van der Waals surface area contributed by atoms with Gasteiger partial charge in [-0.2, -0.15) is 0 Å². The first kappa shape index (κ1) is 20.3. The molecule has 1 aromatic heterocycles. The first-order valence-electron chi connectivity index (χ1n) is 9.36. The highest BCUT2D eigenvalue weighted by molar-refractivity contribution is 9.10. The third-order valence-corrected chi connectivity index (χ3v) is 6.17. The van der Waals surface area contributed by atoms with E-state index >= 15 is 0 Å². The quantitative estimate of drug-likeness (QED) is 0.308. The van der Waals surface area contributed by atoms with Crippen LogP contribution in [0.15, 0.2) is 77.8 Å². The van der Waals surface area contributed by atoms with E-state index in [2.05, 4.69) is 46.9 Å². The highest BCUT2D eigenvalue weighted by Crippen LogP contribution is 2.31. The van der Waals surface area contributed by atoms with E-state index in [0.717, 1.165) is 26.2 Å². The average Bonchev–Trinajstić information content (AvgIpc) is 3.16. The van der Waals surface area contributed by atoms with Gasteiger partial charge in [0.2, 0.25) is 0 Å². The van der Waals surface area contributed by atoms with Gasteiger partial charge in [-0.1, -0.05) is 18.7 Å². The lowest BCUT2D eigenvalue weighted by atomic mass is 10.2. The number of ether oxygens (including phenoxy) is 1. The Hall–Kier alpha value is -2.96. The monoisotopic (exact) mass is 478 g/mol. The summed E-state index contributed by atoms with van der Waals surface area (Å²) in [7, 11) is 0. The summed E-state index contributed by atoms with van der Waals surface area (Å²) < 4.78 is 7.42. The second-order valence-electron chi connectivity index (χ2n) is 6.77. The van der Waals surface area contributed by atoms with Crippen molar-refractivity contribution in [1.82, 2.24) is 4.98 Å². The number of amides is 1. The number of fused-ring (bicyclic) bond motifs is 1. The molecule has 1 heterocycles. The smallest absolute Gasteiger partial charge is 0.255 e. The summed E-state index contributed by atoms with van der Waals surface area (Å²) in [4.78, 5) is 17.3. The number of carbonyl (C=O) groups excluding carboxylic acids is 1. The average molecular weight is 479 g/mol. The van der Waals surface area contributed by atoms with Gasteiger partial charge >= 0.3 is 0 Å². The number of thiazole rings is 1. The number of halogens is 1. The van der Waals surface area contributed by atoms with Gasteiger partial charge in [0.25, 0.3) is 5.91 Å². The summed E-state index contributed by atoms with van der Waals surface area (Å²) in [6.45, 7) is 6.12. The number of hydrogen-bond donors (Lipinski definition) is 1. The third-order valence-electron chi connectivity index (χ3n) is 4.48. The molecule has 4 rings (SSSR count). The van der Waals surface area contributed by atoms with Gasteiger partial charge in [0.1, 0.15) is 17.4 Å². The lowest BCUT2D eigenvalue weighted by Gasteiger charge is -2.09. The molecular weight excluding hydrogens is 460 g/mol. The molecule has 150 valence electrons. The molecule has 0 atom stereocenters. The molecule has 30 heavy (non-hydrogen) atoms. The van der Waals surface area contributed by atoms with Crippen molar-refractivity contribution in [2.45, 2.75) is 6.92 Å². The Kier molecular flexibility index (Phi) is 5.97. The summed E-state index contributed by atoms with van der Waals surface area (Å²) in [5.74, 6) is 0.482. The standard InChI is InChI=1S/C24H19BrN2O2S/c1-3-12-29-21-11-7-17(14-19(21)25)23(28)26-18-8-5-16(6-9-18)24-27-20-10-4-15(2)13-22(20)30-24/h3-11,13-14H,1,12H2,2H3,(H,26,28). The lowest BCUT2D eigenvalue weighted by Crippen LogP contribution is -2.12. The zero-order valence-corrected chi connectivity index (χ0v) is 18.7. The van der Waals surface area contributed by atoms with Crippen LogP contribution in [-0.2, 0) is 0 Å². The molecule has 6 heteroatoms. The van der Waals surface area contributed by atoms with Crippen LogP contribution in [0.5, 0.6) is 5.75 Å². The Morgan fingerprint density at radius 1 is 1.17 bits per heavy atom. The van der Waals surface area contributed by atoms with Crippen LogP contribution < -0.4 is 10.1 Å². The Bertz CT molecular complexity index is 1230. The number of aryl methyl sites for hydroxylation is 1. The molecule has 0 unspecified atom stereocenters. The summed E-state index contributed by atoms with van der Waals surface area (Å²) in [6, 6.07) is 19.2. The van der Waals surface area contributed by atoms with E-state index in [1.165, 1.54) is 10.3 Å². The maximum Gasteiger partial charge on any atom is 0.255 e. The van der Waals surface area contributed by atoms with Crippen LogP contribution >= 0.6 is 27.3 Å². The molecule has 3 aromatic carbocycles. The van der Waals surface area contributed by atoms with Crippen molar-refractivity contribution >= 4 is 49.1 Å².